The average Bonchev–Trinajstić information content (AvgIpc) is 2.91. The fourth-order valence-corrected chi connectivity index (χ4v) is 3.46. The van der Waals surface area contributed by atoms with Gasteiger partial charge in [-0.3, -0.25) is 4.68 Å². The van der Waals surface area contributed by atoms with Gasteiger partial charge in [0.05, 0.1) is 11.4 Å². The van der Waals surface area contributed by atoms with Crippen LogP contribution in [0, 0.1) is 6.92 Å². The van der Waals surface area contributed by atoms with Crippen LogP contribution in [0.2, 0.25) is 5.02 Å². The first-order valence-electron chi connectivity index (χ1n) is 8.90. The number of halogens is 1. The molecule has 25 heavy (non-hydrogen) atoms. The summed E-state index contributed by atoms with van der Waals surface area (Å²) < 4.78 is 1.93. The first-order chi connectivity index (χ1) is 12.0. The second-order valence-corrected chi connectivity index (χ2v) is 6.88. The van der Waals surface area contributed by atoms with Crippen molar-refractivity contribution in [3.05, 3.63) is 41.0 Å². The van der Waals surface area contributed by atoms with Crippen molar-refractivity contribution in [3.63, 3.8) is 0 Å². The third-order valence-corrected chi connectivity index (χ3v) is 4.60. The van der Waals surface area contributed by atoms with Gasteiger partial charge in [-0.15, -0.1) is 0 Å². The highest BCUT2D eigenvalue weighted by Crippen LogP contribution is 2.33. The van der Waals surface area contributed by atoms with Crippen LogP contribution in [0.4, 0.5) is 5.69 Å². The highest BCUT2D eigenvalue weighted by molar-refractivity contribution is 6.30. The number of pyridine rings is 1. The van der Waals surface area contributed by atoms with E-state index in [0.29, 0.717) is 0 Å². The van der Waals surface area contributed by atoms with Gasteiger partial charge in [0.1, 0.15) is 11.0 Å². The lowest BCUT2D eigenvalue weighted by molar-refractivity contribution is 0.742. The van der Waals surface area contributed by atoms with Crippen molar-refractivity contribution in [3.8, 4) is 11.3 Å². The maximum Gasteiger partial charge on any atom is 0.135 e. The molecule has 0 bridgehead atoms. The van der Waals surface area contributed by atoms with E-state index >= 15 is 0 Å². The third kappa shape index (κ3) is 3.49. The van der Waals surface area contributed by atoms with Gasteiger partial charge >= 0.3 is 0 Å². The summed E-state index contributed by atoms with van der Waals surface area (Å²) in [6, 6.07) is 10.0. The Balaban J connectivity index is 2.21. The number of aryl methyl sites for hydroxylation is 2. The Hall–Kier alpha value is -2.07. The Morgan fingerprint density at radius 2 is 1.68 bits per heavy atom. The highest BCUT2D eigenvalue weighted by Gasteiger charge is 2.19. The second kappa shape index (κ2) is 7.44. The summed E-state index contributed by atoms with van der Waals surface area (Å²) in [6.07, 6.45) is 2.22. The molecule has 0 fully saturated rings. The third-order valence-electron chi connectivity index (χ3n) is 4.34. The smallest absolute Gasteiger partial charge is 0.135 e. The minimum atomic E-state index is 0.733. The SMILES string of the molecule is CCCN(CCC)c1cc(C)nc2c(-c3ccc(Cl)cc3)n(C)nc12. The number of hydrogen-bond acceptors (Lipinski definition) is 3. The Kier molecular flexibility index (Phi) is 5.28. The standard InChI is InChI=1S/C20H25ClN4/c1-5-11-25(12-6-2)17-13-14(3)22-19-18(17)23-24(4)20(19)15-7-9-16(21)10-8-15/h7-10,13H,5-6,11-12H2,1-4H3. The highest BCUT2D eigenvalue weighted by atomic mass is 35.5. The van der Waals surface area contributed by atoms with Crippen molar-refractivity contribution >= 4 is 28.3 Å². The largest absolute Gasteiger partial charge is 0.370 e. The molecule has 0 aliphatic carbocycles. The number of benzene rings is 1. The molecule has 0 unspecified atom stereocenters. The van der Waals surface area contributed by atoms with E-state index in [1.165, 1.54) is 5.69 Å². The molecule has 2 aromatic heterocycles. The Morgan fingerprint density at radius 3 is 2.28 bits per heavy atom. The number of fused-ring (bicyclic) bond motifs is 1. The number of hydrogen-bond donors (Lipinski definition) is 0. The fourth-order valence-electron chi connectivity index (χ4n) is 3.33. The molecule has 0 N–H and O–H groups in total. The maximum absolute atomic E-state index is 6.05. The van der Waals surface area contributed by atoms with Crippen molar-refractivity contribution in [2.75, 3.05) is 18.0 Å². The molecule has 3 aromatic rings. The van der Waals surface area contributed by atoms with Crippen LogP contribution in [0.3, 0.4) is 0 Å². The van der Waals surface area contributed by atoms with Gasteiger partial charge in [0.15, 0.2) is 0 Å². The quantitative estimate of drug-likeness (QED) is 0.607. The van der Waals surface area contributed by atoms with Crippen LogP contribution in [0.5, 0.6) is 0 Å². The van der Waals surface area contributed by atoms with Crippen LogP contribution in [0.1, 0.15) is 32.4 Å². The first-order valence-corrected chi connectivity index (χ1v) is 9.28. The topological polar surface area (TPSA) is 34.0 Å². The van der Waals surface area contributed by atoms with Crippen molar-refractivity contribution in [2.45, 2.75) is 33.6 Å². The molecule has 4 nitrogen and oxygen atoms in total. The zero-order valence-electron chi connectivity index (χ0n) is 15.4. The first kappa shape index (κ1) is 17.7. The van der Waals surface area contributed by atoms with Gasteiger partial charge < -0.3 is 4.90 Å². The zero-order chi connectivity index (χ0) is 18.0. The van der Waals surface area contributed by atoms with E-state index in [4.69, 9.17) is 21.7 Å². The lowest BCUT2D eigenvalue weighted by Gasteiger charge is -2.24. The summed E-state index contributed by atoms with van der Waals surface area (Å²) >= 11 is 6.05. The van der Waals surface area contributed by atoms with E-state index in [2.05, 4.69) is 31.7 Å². The van der Waals surface area contributed by atoms with Gasteiger partial charge in [0, 0.05) is 36.4 Å². The molecule has 2 heterocycles. The molecule has 0 radical (unpaired) electrons. The second-order valence-electron chi connectivity index (χ2n) is 6.45. The Morgan fingerprint density at radius 1 is 1.04 bits per heavy atom. The number of nitrogens with zero attached hydrogens (tertiary/aromatic N) is 4. The molecule has 0 aliphatic heterocycles. The minimum absolute atomic E-state index is 0.733. The minimum Gasteiger partial charge on any atom is -0.370 e. The van der Waals surface area contributed by atoms with Gasteiger partial charge in [0.2, 0.25) is 0 Å². The van der Waals surface area contributed by atoms with E-state index < -0.39 is 0 Å². The summed E-state index contributed by atoms with van der Waals surface area (Å²) in [7, 11) is 1.98. The van der Waals surface area contributed by atoms with Crippen LogP contribution in [0.25, 0.3) is 22.3 Å². The molecule has 0 aliphatic rings. The van der Waals surface area contributed by atoms with E-state index in [1.807, 2.05) is 36.0 Å². The average molecular weight is 357 g/mol. The van der Waals surface area contributed by atoms with E-state index in [0.717, 1.165) is 58.9 Å². The van der Waals surface area contributed by atoms with Crippen molar-refractivity contribution in [1.29, 1.82) is 0 Å². The van der Waals surface area contributed by atoms with Crippen LogP contribution in [-0.4, -0.2) is 27.9 Å². The molecule has 0 spiro atoms. The van der Waals surface area contributed by atoms with Crippen LogP contribution in [-0.2, 0) is 7.05 Å². The fraction of sp³-hybridized carbons (Fsp3) is 0.400. The van der Waals surface area contributed by atoms with E-state index in [-0.39, 0.29) is 0 Å². The predicted octanol–water partition coefficient (Wildman–Crippen LogP) is 5.22. The number of aromatic nitrogens is 3. The van der Waals surface area contributed by atoms with Gasteiger partial charge in [0.25, 0.3) is 0 Å². The predicted molar refractivity (Wildman–Crippen MR) is 106 cm³/mol. The molecule has 132 valence electrons. The monoisotopic (exact) mass is 356 g/mol. The van der Waals surface area contributed by atoms with Crippen molar-refractivity contribution in [1.82, 2.24) is 14.8 Å². The Labute approximate surface area is 154 Å². The molecule has 0 atom stereocenters. The lowest BCUT2D eigenvalue weighted by atomic mass is 10.1. The van der Waals surface area contributed by atoms with E-state index in [9.17, 15) is 0 Å². The molecular weight excluding hydrogens is 332 g/mol. The van der Waals surface area contributed by atoms with E-state index in [1.54, 1.807) is 0 Å². The maximum atomic E-state index is 6.05. The van der Waals surface area contributed by atoms with Crippen LogP contribution < -0.4 is 4.90 Å². The molecule has 0 saturated carbocycles. The molecule has 3 rings (SSSR count). The molecule has 1 aromatic carbocycles. The number of rotatable bonds is 6. The van der Waals surface area contributed by atoms with Crippen LogP contribution in [0.15, 0.2) is 30.3 Å². The zero-order valence-corrected chi connectivity index (χ0v) is 16.1. The summed E-state index contributed by atoms with van der Waals surface area (Å²) in [5.41, 5.74) is 6.24. The molecular formula is C20H25ClN4. The summed E-state index contributed by atoms with van der Waals surface area (Å²) in [4.78, 5) is 7.24. The normalized spacial score (nSPS) is 11.2. The van der Waals surface area contributed by atoms with Gasteiger partial charge in [-0.05, 0) is 38.0 Å². The summed E-state index contributed by atoms with van der Waals surface area (Å²) in [5, 5.41) is 5.55. The van der Waals surface area contributed by atoms with Gasteiger partial charge in [-0.25, -0.2) is 4.98 Å². The van der Waals surface area contributed by atoms with Gasteiger partial charge in [-0.2, -0.15) is 5.10 Å². The summed E-state index contributed by atoms with van der Waals surface area (Å²) in [5.74, 6) is 0. The van der Waals surface area contributed by atoms with Gasteiger partial charge in [-0.1, -0.05) is 37.6 Å². The summed E-state index contributed by atoms with van der Waals surface area (Å²) in [6.45, 7) is 8.53. The van der Waals surface area contributed by atoms with Crippen LogP contribution >= 0.6 is 11.6 Å². The van der Waals surface area contributed by atoms with Crippen molar-refractivity contribution in [2.24, 2.45) is 7.05 Å². The Bertz CT molecular complexity index is 862. The number of anilines is 1. The molecule has 0 amide bonds. The lowest BCUT2D eigenvalue weighted by Crippen LogP contribution is -2.25. The molecule has 5 heteroatoms. The van der Waals surface area contributed by atoms with Crippen molar-refractivity contribution < 1.29 is 0 Å². The molecule has 0 saturated heterocycles.